The molecule has 0 spiro atoms. The van der Waals surface area contributed by atoms with Crippen molar-refractivity contribution < 1.29 is 38.4 Å². The Morgan fingerprint density at radius 3 is 1.64 bits per heavy atom. The van der Waals surface area contributed by atoms with Crippen molar-refractivity contribution in [3.05, 3.63) is 121 Å². The number of thiocarbonyl (C=S) groups is 1. The number of ether oxygens (including phenoxy) is 5. The van der Waals surface area contributed by atoms with Gasteiger partial charge in [0.15, 0.2) is 22.9 Å². The van der Waals surface area contributed by atoms with Gasteiger partial charge in [-0.05, 0) is 85.7 Å². The van der Waals surface area contributed by atoms with Crippen molar-refractivity contribution in [2.24, 2.45) is 0 Å². The molecule has 0 atom stereocenters. The summed E-state index contributed by atoms with van der Waals surface area (Å²) in [4.78, 5) is 34.6. The van der Waals surface area contributed by atoms with Crippen molar-refractivity contribution in [2.45, 2.75) is 39.5 Å². The number of rotatable bonds is 13. The predicted octanol–water partition coefficient (Wildman–Crippen LogP) is 9.90. The van der Waals surface area contributed by atoms with E-state index in [1.54, 1.807) is 43.4 Å². The molecule has 12 heteroatoms. The standard InChI is InChI=1S/C23H24N2O4S.C20H19NO4/c1-4-5-13-27-22(26)20-21(29-23(30)25(2)3)19-12-11-18(14-16(19)15-24-20)28-17-9-7-6-8-10-17;1-2-3-11-24-20(23)18-19(22)17-10-9-16(12-14(17)13-21-18)25-15-7-5-4-6-8-15/h6-12,14-15H,4-5,13H2,1-3H3;4-10,12-13,22H,2-3,11H2,1H3. The second kappa shape index (κ2) is 19.7. The van der Waals surface area contributed by atoms with Crippen LogP contribution in [0.15, 0.2) is 109 Å². The fourth-order valence-electron chi connectivity index (χ4n) is 5.07. The van der Waals surface area contributed by atoms with Gasteiger partial charge in [-0.15, -0.1) is 0 Å². The van der Waals surface area contributed by atoms with E-state index in [0.717, 1.165) is 42.6 Å². The van der Waals surface area contributed by atoms with E-state index in [4.69, 9.17) is 35.9 Å². The molecule has 1 N–H and O–H groups in total. The molecular formula is C43H43N3O8S. The molecule has 55 heavy (non-hydrogen) atoms. The molecule has 0 saturated heterocycles. The highest BCUT2D eigenvalue weighted by molar-refractivity contribution is 7.80. The van der Waals surface area contributed by atoms with Gasteiger partial charge in [-0.3, -0.25) is 0 Å². The third-order valence-electron chi connectivity index (χ3n) is 8.01. The van der Waals surface area contributed by atoms with Gasteiger partial charge in [-0.25, -0.2) is 19.6 Å². The summed E-state index contributed by atoms with van der Waals surface area (Å²) in [6, 6.07) is 29.6. The number of aromatic nitrogens is 2. The number of pyridine rings is 2. The number of aromatic hydroxyl groups is 1. The molecule has 0 aliphatic rings. The molecule has 0 bridgehead atoms. The number of fused-ring (bicyclic) bond motifs is 2. The number of nitrogens with zero attached hydrogens (tertiary/aromatic N) is 3. The maximum atomic E-state index is 12.6. The SMILES string of the molecule is CCCCOC(=O)c1ncc2cc(Oc3ccccc3)ccc2c1O.CCCCOC(=O)c1ncc2cc(Oc3ccccc3)ccc2c1OC(=S)N(C)C. The molecule has 0 aliphatic heterocycles. The molecule has 11 nitrogen and oxygen atoms in total. The van der Waals surface area contributed by atoms with Crippen molar-refractivity contribution in [3.8, 4) is 34.5 Å². The van der Waals surface area contributed by atoms with Crippen LogP contribution in [0.5, 0.6) is 34.5 Å². The fourth-order valence-corrected chi connectivity index (χ4v) is 5.15. The van der Waals surface area contributed by atoms with Crippen LogP contribution >= 0.6 is 12.2 Å². The van der Waals surface area contributed by atoms with Crippen LogP contribution in [0.25, 0.3) is 21.5 Å². The number of benzene rings is 4. The first-order valence-electron chi connectivity index (χ1n) is 17.9. The van der Waals surface area contributed by atoms with E-state index >= 15 is 0 Å². The molecule has 0 amide bonds. The summed E-state index contributed by atoms with van der Waals surface area (Å²) in [6.07, 6.45) is 6.55. The molecule has 2 aromatic heterocycles. The van der Waals surface area contributed by atoms with E-state index in [-0.39, 0.29) is 28.1 Å². The lowest BCUT2D eigenvalue weighted by atomic mass is 10.1. The summed E-state index contributed by atoms with van der Waals surface area (Å²) in [5, 5.41) is 13.2. The molecule has 0 saturated carbocycles. The first-order valence-corrected chi connectivity index (χ1v) is 18.3. The first-order chi connectivity index (χ1) is 26.7. The molecular weight excluding hydrogens is 719 g/mol. The molecule has 284 valence electrons. The van der Waals surface area contributed by atoms with Gasteiger partial charge < -0.3 is 33.7 Å². The Morgan fingerprint density at radius 2 is 1.13 bits per heavy atom. The highest BCUT2D eigenvalue weighted by Gasteiger charge is 2.22. The van der Waals surface area contributed by atoms with Gasteiger partial charge in [0.2, 0.25) is 0 Å². The number of carbonyl (C=O) groups is 2. The van der Waals surface area contributed by atoms with Crippen LogP contribution in [0, 0.1) is 0 Å². The Balaban J connectivity index is 0.000000214. The Morgan fingerprint density at radius 1 is 0.655 bits per heavy atom. The topological polar surface area (TPSA) is 130 Å². The largest absolute Gasteiger partial charge is 0.505 e. The number of para-hydroxylation sites is 2. The van der Waals surface area contributed by atoms with Crippen molar-refractivity contribution in [1.29, 1.82) is 0 Å². The summed E-state index contributed by atoms with van der Waals surface area (Å²) < 4.78 is 28.0. The highest BCUT2D eigenvalue weighted by Crippen LogP contribution is 2.34. The summed E-state index contributed by atoms with van der Waals surface area (Å²) in [5.41, 5.74) is 0.0276. The maximum absolute atomic E-state index is 12.6. The van der Waals surface area contributed by atoms with Crippen molar-refractivity contribution in [2.75, 3.05) is 27.3 Å². The van der Waals surface area contributed by atoms with Gasteiger partial charge in [0.05, 0.1) is 13.2 Å². The Hall–Kier alpha value is -6.27. The zero-order valence-corrected chi connectivity index (χ0v) is 32.0. The second-order valence-electron chi connectivity index (χ2n) is 12.5. The molecule has 0 fully saturated rings. The minimum Gasteiger partial charge on any atom is -0.505 e. The summed E-state index contributed by atoms with van der Waals surface area (Å²) in [5.74, 6) is 1.67. The highest BCUT2D eigenvalue weighted by atomic mass is 32.1. The lowest BCUT2D eigenvalue weighted by Crippen LogP contribution is -2.26. The summed E-state index contributed by atoms with van der Waals surface area (Å²) in [7, 11) is 3.54. The van der Waals surface area contributed by atoms with E-state index in [1.807, 2.05) is 92.7 Å². The van der Waals surface area contributed by atoms with Crippen LogP contribution < -0.4 is 14.2 Å². The van der Waals surface area contributed by atoms with Crippen molar-refractivity contribution >= 4 is 50.9 Å². The molecule has 0 radical (unpaired) electrons. The summed E-state index contributed by atoms with van der Waals surface area (Å²) >= 11 is 5.29. The first kappa shape index (κ1) is 39.9. The minimum absolute atomic E-state index is 0.0691. The summed E-state index contributed by atoms with van der Waals surface area (Å²) in [6.45, 7) is 4.69. The van der Waals surface area contributed by atoms with Crippen LogP contribution in [0.2, 0.25) is 0 Å². The average molecular weight is 762 g/mol. The van der Waals surface area contributed by atoms with Gasteiger partial charge in [0.1, 0.15) is 23.0 Å². The quantitative estimate of drug-likeness (QED) is 0.0683. The van der Waals surface area contributed by atoms with Gasteiger partial charge in [-0.1, -0.05) is 63.1 Å². The van der Waals surface area contributed by atoms with E-state index in [2.05, 4.69) is 9.97 Å². The average Bonchev–Trinajstić information content (AvgIpc) is 3.19. The number of carbonyl (C=O) groups excluding carboxylic acids is 2. The molecule has 4 aromatic carbocycles. The van der Waals surface area contributed by atoms with Crippen LogP contribution in [0.3, 0.4) is 0 Å². The van der Waals surface area contributed by atoms with Crippen LogP contribution in [-0.2, 0) is 9.47 Å². The normalized spacial score (nSPS) is 10.5. The van der Waals surface area contributed by atoms with E-state index < -0.39 is 11.9 Å². The minimum atomic E-state index is -0.613. The predicted molar refractivity (Wildman–Crippen MR) is 215 cm³/mol. The Labute approximate surface area is 325 Å². The monoisotopic (exact) mass is 761 g/mol. The molecule has 2 heterocycles. The zero-order chi connectivity index (χ0) is 39.2. The smallest absolute Gasteiger partial charge is 0.360 e. The van der Waals surface area contributed by atoms with Crippen LogP contribution in [-0.4, -0.2) is 64.4 Å². The zero-order valence-electron chi connectivity index (χ0n) is 31.2. The molecule has 6 rings (SSSR count). The van der Waals surface area contributed by atoms with Gasteiger partial charge in [0, 0.05) is 48.0 Å². The number of esters is 2. The van der Waals surface area contributed by atoms with E-state index in [0.29, 0.717) is 40.9 Å². The van der Waals surface area contributed by atoms with E-state index in [1.165, 1.54) is 6.20 Å². The van der Waals surface area contributed by atoms with Gasteiger partial charge in [-0.2, -0.15) is 0 Å². The van der Waals surface area contributed by atoms with Crippen LogP contribution in [0.4, 0.5) is 0 Å². The second-order valence-corrected chi connectivity index (χ2v) is 12.8. The third-order valence-corrected chi connectivity index (χ3v) is 8.46. The van der Waals surface area contributed by atoms with Crippen LogP contribution in [0.1, 0.15) is 60.5 Å². The molecule has 0 aliphatic carbocycles. The van der Waals surface area contributed by atoms with Gasteiger partial charge in [0.25, 0.3) is 5.17 Å². The molecule has 0 unspecified atom stereocenters. The van der Waals surface area contributed by atoms with Crippen molar-refractivity contribution in [3.63, 3.8) is 0 Å². The van der Waals surface area contributed by atoms with Crippen molar-refractivity contribution in [1.82, 2.24) is 14.9 Å². The maximum Gasteiger partial charge on any atom is 0.360 e. The van der Waals surface area contributed by atoms with E-state index in [9.17, 15) is 14.7 Å². The number of hydrogen-bond donors (Lipinski definition) is 1. The number of unbranched alkanes of at least 4 members (excludes halogenated alkanes) is 2. The Bertz CT molecular complexity index is 2230. The lowest BCUT2D eigenvalue weighted by molar-refractivity contribution is 0.0480. The Kier molecular flexibility index (Phi) is 14.3. The lowest BCUT2D eigenvalue weighted by Gasteiger charge is -2.17. The van der Waals surface area contributed by atoms with Gasteiger partial charge >= 0.3 is 11.9 Å². The fraction of sp³-hybridized carbons (Fsp3) is 0.233. The third kappa shape index (κ3) is 10.9. The molecule has 6 aromatic rings. The number of hydrogen-bond acceptors (Lipinski definition) is 11.